The van der Waals surface area contributed by atoms with Gasteiger partial charge in [-0.3, -0.25) is 4.98 Å². The van der Waals surface area contributed by atoms with Crippen molar-refractivity contribution < 1.29 is 57.7 Å². The molecule has 3 fully saturated rings. The minimum atomic E-state index is -4.93. The number of hydrogen-bond acceptors (Lipinski definition) is 3. The number of benzene rings is 2. The van der Waals surface area contributed by atoms with E-state index in [1.54, 1.807) is 30.5 Å². The molecule has 6 rings (SSSR count). The van der Waals surface area contributed by atoms with Crippen LogP contribution < -0.4 is 21.7 Å². The van der Waals surface area contributed by atoms with Crippen LogP contribution in [0.1, 0.15) is 41.2 Å². The summed E-state index contributed by atoms with van der Waals surface area (Å²) in [5.74, 6) is 0.843. The highest BCUT2D eigenvalue weighted by Crippen LogP contribution is 2.48. The summed E-state index contributed by atoms with van der Waals surface area (Å²) in [6.45, 7) is 4.86. The zero-order chi connectivity index (χ0) is 28.2. The van der Waals surface area contributed by atoms with E-state index in [2.05, 4.69) is 11.6 Å². The third kappa shape index (κ3) is 5.60. The number of ether oxygens (including phenoxy) is 1. The first-order chi connectivity index (χ1) is 18.3. The number of quaternary nitrogens is 1. The summed E-state index contributed by atoms with van der Waals surface area (Å²) in [6.07, 6.45) is -6.16. The van der Waals surface area contributed by atoms with Gasteiger partial charge in [-0.15, -0.1) is 6.58 Å². The van der Waals surface area contributed by atoms with Gasteiger partial charge in [0.25, 0.3) is 0 Å². The van der Waals surface area contributed by atoms with Gasteiger partial charge >= 0.3 is 12.4 Å². The van der Waals surface area contributed by atoms with Gasteiger partial charge in [0, 0.05) is 35.9 Å². The van der Waals surface area contributed by atoms with E-state index in [0.717, 1.165) is 18.6 Å². The summed E-state index contributed by atoms with van der Waals surface area (Å²) < 4.78 is 87.2. The fourth-order valence-electron chi connectivity index (χ4n) is 6.59. The summed E-state index contributed by atoms with van der Waals surface area (Å²) >= 11 is 0. The van der Waals surface area contributed by atoms with Gasteiger partial charge in [-0.2, -0.15) is 26.3 Å². The number of halogens is 7. The van der Waals surface area contributed by atoms with Gasteiger partial charge in [-0.05, 0) is 53.9 Å². The van der Waals surface area contributed by atoms with E-state index in [9.17, 15) is 31.4 Å². The molecule has 2 aromatic carbocycles. The monoisotopic (exact) mass is 630 g/mol. The fraction of sp³-hybridized carbons (Fsp3) is 0.414. The Morgan fingerprint density at radius 1 is 1.07 bits per heavy atom. The van der Waals surface area contributed by atoms with Crippen LogP contribution in [0, 0.1) is 11.8 Å². The van der Waals surface area contributed by atoms with Gasteiger partial charge in [0.1, 0.15) is 24.4 Å². The number of fused-ring (bicyclic) bond motifs is 4. The Hall–Kier alpha value is -2.63. The summed E-state index contributed by atoms with van der Waals surface area (Å²) in [4.78, 5) is 4.37. The molecule has 0 spiro atoms. The van der Waals surface area contributed by atoms with E-state index in [1.165, 1.54) is 7.11 Å². The molecule has 1 N–H and O–H groups in total. The highest BCUT2D eigenvalue weighted by molar-refractivity contribution is 5.83. The number of aliphatic hydroxyl groups excluding tert-OH is 1. The van der Waals surface area contributed by atoms with Crippen LogP contribution in [-0.4, -0.2) is 40.8 Å². The lowest BCUT2D eigenvalue weighted by molar-refractivity contribution is -0.984. The standard InChI is InChI=1S/C29H29F6N2O2.BrH/c1-3-18-16-37(15-17-10-20(28(30,31)32)13-21(11-17)29(33,34)35)9-7-19(18)12-26(37)27(38)23-6-8-36-25-5-4-22(39-2)14-24(23)25;/h3-6,8,10-11,13-14,18-19,26-27,38H,1,7,9,12,15-16H2,2H3;1H/q+1;/p-1/t18-,19-,26-,27?,37+;/m0./s1. The van der Waals surface area contributed by atoms with Gasteiger partial charge in [-0.25, -0.2) is 0 Å². The van der Waals surface area contributed by atoms with Crippen LogP contribution in [0.15, 0.2) is 61.3 Å². The molecular formula is C29H29BrF6N2O2. The van der Waals surface area contributed by atoms with Crippen molar-refractivity contribution in [3.05, 3.63) is 83.6 Å². The number of piperidine rings is 3. The molecule has 0 aliphatic carbocycles. The number of pyridine rings is 1. The Morgan fingerprint density at radius 2 is 1.75 bits per heavy atom. The number of hydrogen-bond donors (Lipinski definition) is 1. The van der Waals surface area contributed by atoms with Gasteiger partial charge in [0.05, 0.1) is 36.8 Å². The van der Waals surface area contributed by atoms with E-state index in [-0.39, 0.29) is 51.5 Å². The lowest BCUT2D eigenvalue weighted by atomic mass is 9.71. The maximum absolute atomic E-state index is 13.6. The maximum atomic E-state index is 13.6. The SMILES string of the molecule is C=C[C@H]1C[N@+]2(Cc3cc(C(F)(F)F)cc(C(F)(F)F)c3)CC[C@H]1C[C@H]2C(O)c1ccnc2ccc(OC)cc12.[Br-]. The Bertz CT molecular complexity index is 1360. The summed E-state index contributed by atoms with van der Waals surface area (Å²) in [5.41, 5.74) is -1.47. The molecule has 3 saturated heterocycles. The minimum Gasteiger partial charge on any atom is -1.00 e. The molecule has 2 bridgehead atoms. The molecule has 3 aromatic rings. The van der Waals surface area contributed by atoms with Crippen molar-refractivity contribution in [3.63, 3.8) is 0 Å². The largest absolute Gasteiger partial charge is 1.00 e. The molecule has 0 amide bonds. The van der Waals surface area contributed by atoms with E-state index in [1.807, 2.05) is 6.08 Å². The van der Waals surface area contributed by atoms with E-state index in [4.69, 9.17) is 4.74 Å². The van der Waals surface area contributed by atoms with Crippen molar-refractivity contribution in [3.8, 4) is 5.75 Å². The van der Waals surface area contributed by atoms with Gasteiger partial charge in [0.2, 0.25) is 0 Å². The van der Waals surface area contributed by atoms with Crippen LogP contribution in [0.3, 0.4) is 0 Å². The average molecular weight is 631 g/mol. The van der Waals surface area contributed by atoms with Gasteiger partial charge in [-0.1, -0.05) is 6.08 Å². The van der Waals surface area contributed by atoms with Crippen LogP contribution in [0.25, 0.3) is 10.9 Å². The predicted molar refractivity (Wildman–Crippen MR) is 134 cm³/mol. The number of methoxy groups -OCH3 is 1. The number of aliphatic hydroxyl groups is 1. The van der Waals surface area contributed by atoms with Crippen LogP contribution in [-0.2, 0) is 18.9 Å². The van der Waals surface area contributed by atoms with Crippen molar-refractivity contribution in [2.75, 3.05) is 20.2 Å². The highest BCUT2D eigenvalue weighted by atomic mass is 79.9. The summed E-state index contributed by atoms with van der Waals surface area (Å²) in [7, 11) is 1.53. The van der Waals surface area contributed by atoms with Gasteiger partial charge < -0.3 is 31.3 Å². The molecule has 3 aliphatic heterocycles. The van der Waals surface area contributed by atoms with Gasteiger partial charge in [0.15, 0.2) is 0 Å². The Morgan fingerprint density at radius 3 is 2.35 bits per heavy atom. The number of nitrogens with zero attached hydrogens (tertiary/aromatic N) is 2. The second-order valence-corrected chi connectivity index (χ2v) is 10.7. The number of rotatable bonds is 6. The van der Waals surface area contributed by atoms with E-state index >= 15 is 0 Å². The predicted octanol–water partition coefficient (Wildman–Crippen LogP) is 3.93. The first kappa shape index (κ1) is 30.3. The quantitative estimate of drug-likeness (QED) is 0.255. The smallest absolute Gasteiger partial charge is 0.416 e. The van der Waals surface area contributed by atoms with E-state index in [0.29, 0.717) is 41.7 Å². The zero-order valence-corrected chi connectivity index (χ0v) is 23.2. The minimum absolute atomic E-state index is 0. The lowest BCUT2D eigenvalue weighted by Crippen LogP contribution is -3.00. The molecule has 4 heterocycles. The highest BCUT2D eigenvalue weighted by Gasteiger charge is 2.54. The van der Waals surface area contributed by atoms with Crippen LogP contribution in [0.4, 0.5) is 26.3 Å². The first-order valence-corrected chi connectivity index (χ1v) is 12.7. The zero-order valence-electron chi connectivity index (χ0n) is 21.6. The molecule has 5 atom stereocenters. The molecule has 4 nitrogen and oxygen atoms in total. The van der Waals surface area contributed by atoms with E-state index < -0.39 is 35.6 Å². The third-order valence-corrected chi connectivity index (χ3v) is 8.49. The summed E-state index contributed by atoms with van der Waals surface area (Å²) in [5, 5.41) is 12.5. The van der Waals surface area contributed by atoms with Crippen molar-refractivity contribution in [2.45, 2.75) is 43.9 Å². The molecule has 1 aromatic heterocycles. The maximum Gasteiger partial charge on any atom is 0.416 e. The Balaban J connectivity index is 0.00000370. The first-order valence-electron chi connectivity index (χ1n) is 12.7. The molecule has 40 heavy (non-hydrogen) atoms. The summed E-state index contributed by atoms with van der Waals surface area (Å²) in [6, 6.07) is 8.34. The average Bonchev–Trinajstić information content (AvgIpc) is 2.90. The van der Waals surface area contributed by atoms with Crippen LogP contribution in [0.5, 0.6) is 5.75 Å². The number of aromatic nitrogens is 1. The van der Waals surface area contributed by atoms with Crippen molar-refractivity contribution in [1.29, 1.82) is 0 Å². The molecule has 1 unspecified atom stereocenters. The fourth-order valence-corrected chi connectivity index (χ4v) is 6.59. The van der Waals surface area contributed by atoms with Crippen molar-refractivity contribution in [2.24, 2.45) is 11.8 Å². The molecule has 0 saturated carbocycles. The second kappa shape index (κ2) is 11.0. The van der Waals surface area contributed by atoms with Crippen molar-refractivity contribution >= 4 is 10.9 Å². The Kier molecular flexibility index (Phi) is 8.33. The number of alkyl halides is 6. The second-order valence-electron chi connectivity index (χ2n) is 10.7. The molecule has 11 heteroatoms. The molecular weight excluding hydrogens is 602 g/mol. The molecule has 216 valence electrons. The lowest BCUT2D eigenvalue weighted by Gasteiger charge is -2.58. The normalized spacial score (nSPS) is 25.4. The molecule has 0 radical (unpaired) electrons. The molecule has 3 aliphatic rings. The van der Waals surface area contributed by atoms with Crippen LogP contribution >= 0.6 is 0 Å². The Labute approximate surface area is 238 Å². The third-order valence-electron chi connectivity index (χ3n) is 8.49. The van der Waals surface area contributed by atoms with Crippen molar-refractivity contribution in [1.82, 2.24) is 4.98 Å². The van der Waals surface area contributed by atoms with Crippen LogP contribution in [0.2, 0.25) is 0 Å². The topological polar surface area (TPSA) is 42.4 Å².